The molecule has 0 atom stereocenters. The summed E-state index contributed by atoms with van der Waals surface area (Å²) in [5.74, 6) is -0.382. The van der Waals surface area contributed by atoms with E-state index in [2.05, 4.69) is 10.1 Å². The molecule has 0 aromatic carbocycles. The molecule has 3 aromatic heterocycles. The fourth-order valence-electron chi connectivity index (χ4n) is 3.22. The lowest BCUT2D eigenvalue weighted by Crippen LogP contribution is -2.02. The zero-order valence-corrected chi connectivity index (χ0v) is 13.5. The van der Waals surface area contributed by atoms with Gasteiger partial charge in [-0.2, -0.15) is 10.4 Å². The van der Waals surface area contributed by atoms with Gasteiger partial charge in [0.1, 0.15) is 17.5 Å². The van der Waals surface area contributed by atoms with Crippen LogP contribution in [0.5, 0.6) is 0 Å². The normalized spacial score (nSPS) is 12.3. The van der Waals surface area contributed by atoms with Gasteiger partial charge in [-0.25, -0.2) is 9.78 Å². The lowest BCUT2D eigenvalue weighted by molar-refractivity contribution is 0.0659. The number of rotatable bonds is 3. The highest BCUT2D eigenvalue weighted by Gasteiger charge is 2.29. The Morgan fingerprint density at radius 2 is 2.28 bits per heavy atom. The maximum absolute atomic E-state index is 11.3. The van der Waals surface area contributed by atoms with Crippen LogP contribution in [0.15, 0.2) is 28.9 Å². The molecular weight excluding hydrogens is 320 g/mol. The predicted molar refractivity (Wildman–Crippen MR) is 87.1 cm³/mol. The van der Waals surface area contributed by atoms with Crippen molar-refractivity contribution in [1.82, 2.24) is 14.8 Å². The van der Waals surface area contributed by atoms with Crippen LogP contribution in [0.3, 0.4) is 0 Å². The largest absolute Gasteiger partial charge is 0.475 e. The molecule has 0 saturated heterocycles. The molecule has 25 heavy (non-hydrogen) atoms. The van der Waals surface area contributed by atoms with Crippen LogP contribution < -0.4 is 0 Å². The van der Waals surface area contributed by atoms with Crippen molar-refractivity contribution in [2.24, 2.45) is 0 Å². The fraction of sp³-hybridized carbons (Fsp3) is 0.222. The summed E-state index contributed by atoms with van der Waals surface area (Å²) in [6.45, 7) is 2.29. The minimum Gasteiger partial charge on any atom is -0.475 e. The Kier molecular flexibility index (Phi) is 3.39. The lowest BCUT2D eigenvalue weighted by Gasteiger charge is -2.09. The molecule has 1 aliphatic rings. The molecule has 7 nitrogen and oxygen atoms in total. The molecule has 0 bridgehead atoms. The molecule has 4 rings (SSSR count). The quantitative estimate of drug-likeness (QED) is 0.789. The zero-order chi connectivity index (χ0) is 17.6. The third kappa shape index (κ3) is 2.48. The SMILES string of the molecule is Cc1c(C(=O)O)oc2c1-c1nn(Cc3ccc(C#N)nc3)cc1CC2. The first-order valence-corrected chi connectivity index (χ1v) is 7.84. The number of pyridine rings is 1. The van der Waals surface area contributed by atoms with Crippen molar-refractivity contribution in [3.8, 4) is 17.3 Å². The molecule has 1 N–H and O–H groups in total. The van der Waals surface area contributed by atoms with E-state index in [0.29, 0.717) is 30.0 Å². The maximum Gasteiger partial charge on any atom is 0.372 e. The Labute approximate surface area is 143 Å². The molecule has 0 spiro atoms. The number of carbonyl (C=O) groups is 1. The van der Waals surface area contributed by atoms with Gasteiger partial charge in [-0.1, -0.05) is 6.07 Å². The Hall–Kier alpha value is -3.40. The summed E-state index contributed by atoms with van der Waals surface area (Å²) in [6, 6.07) is 5.52. The van der Waals surface area contributed by atoms with Crippen molar-refractivity contribution in [3.63, 3.8) is 0 Å². The number of fused-ring (bicyclic) bond motifs is 3. The number of nitriles is 1. The summed E-state index contributed by atoms with van der Waals surface area (Å²) < 4.78 is 7.33. The minimum absolute atomic E-state index is 0.0105. The highest BCUT2D eigenvalue weighted by Crippen LogP contribution is 2.38. The topological polar surface area (TPSA) is 105 Å². The number of aryl methyl sites for hydroxylation is 2. The van der Waals surface area contributed by atoms with E-state index in [4.69, 9.17) is 9.68 Å². The number of carboxylic acid groups (broad SMARTS) is 1. The van der Waals surface area contributed by atoms with Crippen LogP contribution in [0.25, 0.3) is 11.3 Å². The molecule has 1 aliphatic carbocycles. The van der Waals surface area contributed by atoms with Gasteiger partial charge < -0.3 is 9.52 Å². The summed E-state index contributed by atoms with van der Waals surface area (Å²) in [7, 11) is 0. The zero-order valence-electron chi connectivity index (χ0n) is 13.5. The van der Waals surface area contributed by atoms with E-state index < -0.39 is 5.97 Å². The van der Waals surface area contributed by atoms with Gasteiger partial charge >= 0.3 is 5.97 Å². The first-order chi connectivity index (χ1) is 12.1. The van der Waals surface area contributed by atoms with Crippen LogP contribution in [0.1, 0.15) is 38.7 Å². The average Bonchev–Trinajstić information content (AvgIpc) is 3.16. The molecule has 0 fully saturated rings. The summed E-state index contributed by atoms with van der Waals surface area (Å²) in [5, 5.41) is 22.7. The van der Waals surface area contributed by atoms with E-state index in [1.165, 1.54) is 0 Å². The number of hydrogen-bond donors (Lipinski definition) is 1. The summed E-state index contributed by atoms with van der Waals surface area (Å²) >= 11 is 0. The number of hydrogen-bond acceptors (Lipinski definition) is 5. The third-order valence-electron chi connectivity index (χ3n) is 4.39. The first-order valence-electron chi connectivity index (χ1n) is 7.84. The standard InChI is InChI=1S/C18H14N4O3/c1-10-15-14(25-17(10)18(23)24)5-3-12-9-22(21-16(12)15)8-11-2-4-13(6-19)20-7-11/h2,4,7,9H,3,5,8H2,1H3,(H,23,24). The van der Waals surface area contributed by atoms with Crippen LogP contribution >= 0.6 is 0 Å². The van der Waals surface area contributed by atoms with Gasteiger partial charge in [0.05, 0.1) is 12.2 Å². The Morgan fingerprint density at radius 1 is 1.44 bits per heavy atom. The Balaban J connectivity index is 1.70. The molecule has 0 radical (unpaired) electrons. The van der Waals surface area contributed by atoms with Crippen LogP contribution in [0.2, 0.25) is 0 Å². The molecule has 0 aliphatic heterocycles. The number of aromatic carboxylic acids is 1. The molecule has 7 heteroatoms. The van der Waals surface area contributed by atoms with E-state index >= 15 is 0 Å². The van der Waals surface area contributed by atoms with Crippen molar-refractivity contribution in [1.29, 1.82) is 5.26 Å². The number of furan rings is 1. The molecule has 3 heterocycles. The molecule has 0 unspecified atom stereocenters. The second-order valence-corrected chi connectivity index (χ2v) is 6.02. The molecule has 0 saturated carbocycles. The number of carboxylic acids is 1. The van der Waals surface area contributed by atoms with E-state index in [1.807, 2.05) is 23.0 Å². The second-order valence-electron chi connectivity index (χ2n) is 6.02. The Bertz CT molecular complexity index is 1020. The Morgan fingerprint density at radius 3 is 2.96 bits per heavy atom. The van der Waals surface area contributed by atoms with Gasteiger partial charge in [0, 0.05) is 29.9 Å². The van der Waals surface area contributed by atoms with Crippen molar-refractivity contribution < 1.29 is 14.3 Å². The monoisotopic (exact) mass is 334 g/mol. The van der Waals surface area contributed by atoms with Gasteiger partial charge in [-0.05, 0) is 30.5 Å². The third-order valence-corrected chi connectivity index (χ3v) is 4.39. The van der Waals surface area contributed by atoms with Crippen molar-refractivity contribution in [3.05, 3.63) is 58.4 Å². The first kappa shape index (κ1) is 15.1. The van der Waals surface area contributed by atoms with Crippen molar-refractivity contribution >= 4 is 5.97 Å². The second kappa shape index (κ2) is 5.60. The van der Waals surface area contributed by atoms with Gasteiger partial charge in [0.15, 0.2) is 0 Å². The van der Waals surface area contributed by atoms with Crippen LogP contribution in [-0.2, 0) is 19.4 Å². The highest BCUT2D eigenvalue weighted by atomic mass is 16.4. The van der Waals surface area contributed by atoms with E-state index in [1.54, 1.807) is 19.2 Å². The smallest absolute Gasteiger partial charge is 0.372 e. The number of aromatic nitrogens is 3. The summed E-state index contributed by atoms with van der Waals surface area (Å²) in [5.41, 5.74) is 4.60. The van der Waals surface area contributed by atoms with Crippen LogP contribution in [0.4, 0.5) is 0 Å². The lowest BCUT2D eigenvalue weighted by atomic mass is 9.94. The number of nitrogens with zero attached hydrogens (tertiary/aromatic N) is 4. The summed E-state index contributed by atoms with van der Waals surface area (Å²) in [6.07, 6.45) is 5.07. The van der Waals surface area contributed by atoms with Crippen molar-refractivity contribution in [2.45, 2.75) is 26.3 Å². The van der Waals surface area contributed by atoms with Gasteiger partial charge in [0.2, 0.25) is 5.76 Å². The van der Waals surface area contributed by atoms with Crippen LogP contribution in [0, 0.1) is 18.3 Å². The average molecular weight is 334 g/mol. The predicted octanol–water partition coefficient (Wildman–Crippen LogP) is 2.56. The van der Waals surface area contributed by atoms with Gasteiger partial charge in [-0.15, -0.1) is 0 Å². The van der Waals surface area contributed by atoms with Crippen LogP contribution in [-0.4, -0.2) is 25.8 Å². The minimum atomic E-state index is -1.06. The van der Waals surface area contributed by atoms with Gasteiger partial charge in [-0.3, -0.25) is 4.68 Å². The molecular formula is C18H14N4O3. The van der Waals surface area contributed by atoms with Gasteiger partial charge in [0.25, 0.3) is 0 Å². The van der Waals surface area contributed by atoms with E-state index in [0.717, 1.165) is 28.8 Å². The van der Waals surface area contributed by atoms with E-state index in [-0.39, 0.29) is 5.76 Å². The maximum atomic E-state index is 11.3. The highest BCUT2D eigenvalue weighted by molar-refractivity contribution is 5.90. The molecule has 3 aromatic rings. The molecule has 124 valence electrons. The van der Waals surface area contributed by atoms with Crippen molar-refractivity contribution in [2.75, 3.05) is 0 Å². The summed E-state index contributed by atoms with van der Waals surface area (Å²) in [4.78, 5) is 15.4. The fourth-order valence-corrected chi connectivity index (χ4v) is 3.22. The molecule has 0 amide bonds. The van der Waals surface area contributed by atoms with E-state index in [9.17, 15) is 9.90 Å².